The maximum atomic E-state index is 13.0. The second-order valence-corrected chi connectivity index (χ2v) is 4.97. The number of halogens is 1. The second kappa shape index (κ2) is 7.55. The first-order valence-corrected chi connectivity index (χ1v) is 6.97. The van der Waals surface area contributed by atoms with Crippen molar-refractivity contribution in [1.29, 1.82) is 0 Å². The van der Waals surface area contributed by atoms with E-state index in [1.807, 2.05) is 36.4 Å². The van der Waals surface area contributed by atoms with Gasteiger partial charge in [-0.1, -0.05) is 42.5 Å². The van der Waals surface area contributed by atoms with Gasteiger partial charge in [-0.05, 0) is 36.1 Å². The zero-order chi connectivity index (χ0) is 15.1. The summed E-state index contributed by atoms with van der Waals surface area (Å²) in [6, 6.07) is 15.4. The van der Waals surface area contributed by atoms with Crippen molar-refractivity contribution in [2.24, 2.45) is 5.73 Å². The van der Waals surface area contributed by atoms with Gasteiger partial charge in [-0.15, -0.1) is 0 Å². The Morgan fingerprint density at radius 3 is 2.52 bits per heavy atom. The molecule has 21 heavy (non-hydrogen) atoms. The molecule has 0 bridgehead atoms. The average molecular weight is 286 g/mol. The van der Waals surface area contributed by atoms with Gasteiger partial charge in [0.05, 0.1) is 6.04 Å². The molecule has 0 aliphatic carbocycles. The number of nitrogens with two attached hydrogens (primary N) is 1. The number of amides is 1. The summed E-state index contributed by atoms with van der Waals surface area (Å²) >= 11 is 0. The molecule has 3 nitrogen and oxygen atoms in total. The summed E-state index contributed by atoms with van der Waals surface area (Å²) in [7, 11) is 0. The predicted octanol–water partition coefficient (Wildman–Crippen LogP) is 2.05. The predicted molar refractivity (Wildman–Crippen MR) is 81.2 cm³/mol. The minimum Gasteiger partial charge on any atom is -0.354 e. The van der Waals surface area contributed by atoms with Gasteiger partial charge in [0, 0.05) is 6.54 Å². The Morgan fingerprint density at radius 2 is 1.81 bits per heavy atom. The molecular formula is C17H19FN2O. The Hall–Kier alpha value is -2.20. The molecule has 0 aromatic heterocycles. The summed E-state index contributed by atoms with van der Waals surface area (Å²) in [5, 5.41) is 2.78. The maximum Gasteiger partial charge on any atom is 0.237 e. The van der Waals surface area contributed by atoms with Crippen LogP contribution in [0, 0.1) is 5.82 Å². The minimum atomic E-state index is -0.570. The van der Waals surface area contributed by atoms with Crippen molar-refractivity contribution < 1.29 is 9.18 Å². The molecular weight excluding hydrogens is 267 g/mol. The molecule has 4 heteroatoms. The SMILES string of the molecule is NC(Cc1ccccc1)C(=O)NCCc1cccc(F)c1. The summed E-state index contributed by atoms with van der Waals surface area (Å²) in [5.41, 5.74) is 7.77. The molecule has 2 rings (SSSR count). The van der Waals surface area contributed by atoms with Crippen molar-refractivity contribution in [3.63, 3.8) is 0 Å². The molecule has 0 aliphatic heterocycles. The highest BCUT2D eigenvalue weighted by Gasteiger charge is 2.13. The number of nitrogens with one attached hydrogen (secondary N) is 1. The fourth-order valence-corrected chi connectivity index (χ4v) is 2.11. The number of carbonyl (C=O) groups excluding carboxylic acids is 1. The van der Waals surface area contributed by atoms with Crippen LogP contribution in [-0.2, 0) is 17.6 Å². The standard InChI is InChI=1S/C17H19FN2O/c18-15-8-4-7-14(11-15)9-10-20-17(21)16(19)12-13-5-2-1-3-6-13/h1-8,11,16H,9-10,12,19H2,(H,20,21). The lowest BCUT2D eigenvalue weighted by atomic mass is 10.1. The number of carbonyl (C=O) groups is 1. The highest BCUT2D eigenvalue weighted by molar-refractivity contribution is 5.81. The molecule has 1 atom stereocenters. The molecule has 0 saturated carbocycles. The Kier molecular flexibility index (Phi) is 5.46. The zero-order valence-electron chi connectivity index (χ0n) is 11.8. The normalized spacial score (nSPS) is 11.9. The molecule has 0 saturated heterocycles. The van der Waals surface area contributed by atoms with Crippen molar-refractivity contribution in [2.45, 2.75) is 18.9 Å². The third-order valence-electron chi connectivity index (χ3n) is 3.24. The summed E-state index contributed by atoms with van der Waals surface area (Å²) in [6.45, 7) is 0.449. The van der Waals surface area contributed by atoms with E-state index in [1.54, 1.807) is 6.07 Å². The van der Waals surface area contributed by atoms with Gasteiger partial charge < -0.3 is 11.1 Å². The summed E-state index contributed by atoms with van der Waals surface area (Å²) in [5.74, 6) is -0.449. The summed E-state index contributed by atoms with van der Waals surface area (Å²) in [4.78, 5) is 11.9. The smallest absolute Gasteiger partial charge is 0.237 e. The Labute approximate surface area is 124 Å². The number of hydrogen-bond acceptors (Lipinski definition) is 2. The first-order valence-electron chi connectivity index (χ1n) is 6.97. The molecule has 3 N–H and O–H groups in total. The molecule has 0 heterocycles. The van der Waals surface area contributed by atoms with Crippen molar-refractivity contribution >= 4 is 5.91 Å². The monoisotopic (exact) mass is 286 g/mol. The first-order chi connectivity index (χ1) is 10.1. The van der Waals surface area contributed by atoms with Crippen LogP contribution in [0.4, 0.5) is 4.39 Å². The molecule has 110 valence electrons. The average Bonchev–Trinajstić information content (AvgIpc) is 2.48. The fraction of sp³-hybridized carbons (Fsp3) is 0.235. The highest BCUT2D eigenvalue weighted by Crippen LogP contribution is 2.04. The van der Waals surface area contributed by atoms with E-state index in [2.05, 4.69) is 5.32 Å². The third kappa shape index (κ3) is 5.00. The quantitative estimate of drug-likeness (QED) is 0.854. The minimum absolute atomic E-state index is 0.185. The molecule has 2 aromatic carbocycles. The van der Waals surface area contributed by atoms with Gasteiger partial charge in [-0.3, -0.25) is 4.79 Å². The van der Waals surface area contributed by atoms with Crippen molar-refractivity contribution in [3.8, 4) is 0 Å². The Morgan fingerprint density at radius 1 is 1.10 bits per heavy atom. The van der Waals surface area contributed by atoms with Crippen LogP contribution in [0.3, 0.4) is 0 Å². The van der Waals surface area contributed by atoms with Crippen molar-refractivity contribution in [2.75, 3.05) is 6.54 Å². The molecule has 1 amide bonds. The van der Waals surface area contributed by atoms with Crippen LogP contribution in [0.15, 0.2) is 54.6 Å². The zero-order valence-corrected chi connectivity index (χ0v) is 11.8. The van der Waals surface area contributed by atoms with Gasteiger partial charge in [-0.2, -0.15) is 0 Å². The van der Waals surface area contributed by atoms with E-state index in [0.29, 0.717) is 19.4 Å². The third-order valence-corrected chi connectivity index (χ3v) is 3.24. The van der Waals surface area contributed by atoms with Crippen molar-refractivity contribution in [3.05, 3.63) is 71.5 Å². The number of rotatable bonds is 6. The van der Waals surface area contributed by atoms with Crippen LogP contribution in [-0.4, -0.2) is 18.5 Å². The second-order valence-electron chi connectivity index (χ2n) is 4.97. The van der Waals surface area contributed by atoms with E-state index in [-0.39, 0.29) is 11.7 Å². The summed E-state index contributed by atoms with van der Waals surface area (Å²) in [6.07, 6.45) is 1.09. The first kappa shape index (κ1) is 15.2. The van der Waals surface area contributed by atoms with Crippen LogP contribution in [0.2, 0.25) is 0 Å². The molecule has 0 aliphatic rings. The topological polar surface area (TPSA) is 55.1 Å². The van der Waals surface area contributed by atoms with E-state index in [1.165, 1.54) is 12.1 Å². The van der Waals surface area contributed by atoms with E-state index < -0.39 is 6.04 Å². The molecule has 1 unspecified atom stereocenters. The molecule has 0 spiro atoms. The van der Waals surface area contributed by atoms with Crippen LogP contribution in [0.5, 0.6) is 0 Å². The van der Waals surface area contributed by atoms with Gasteiger partial charge in [0.15, 0.2) is 0 Å². The lowest BCUT2D eigenvalue weighted by Crippen LogP contribution is -2.42. The lowest BCUT2D eigenvalue weighted by molar-refractivity contribution is -0.122. The summed E-state index contributed by atoms with van der Waals surface area (Å²) < 4.78 is 13.0. The van der Waals surface area contributed by atoms with E-state index in [9.17, 15) is 9.18 Å². The van der Waals surface area contributed by atoms with Gasteiger partial charge >= 0.3 is 0 Å². The van der Waals surface area contributed by atoms with Crippen LogP contribution < -0.4 is 11.1 Å². The van der Waals surface area contributed by atoms with Crippen molar-refractivity contribution in [1.82, 2.24) is 5.32 Å². The van der Waals surface area contributed by atoms with Gasteiger partial charge in [0.25, 0.3) is 0 Å². The Bertz CT molecular complexity index is 586. The maximum absolute atomic E-state index is 13.0. The van der Waals surface area contributed by atoms with E-state index in [4.69, 9.17) is 5.73 Å². The number of benzene rings is 2. The van der Waals surface area contributed by atoms with Gasteiger partial charge in [-0.25, -0.2) is 4.39 Å². The lowest BCUT2D eigenvalue weighted by Gasteiger charge is -2.12. The largest absolute Gasteiger partial charge is 0.354 e. The van der Waals surface area contributed by atoms with Crippen LogP contribution in [0.1, 0.15) is 11.1 Å². The fourth-order valence-electron chi connectivity index (χ4n) is 2.11. The van der Waals surface area contributed by atoms with E-state index in [0.717, 1.165) is 11.1 Å². The number of hydrogen-bond donors (Lipinski definition) is 2. The molecule has 2 aromatic rings. The molecule has 0 radical (unpaired) electrons. The van der Waals surface area contributed by atoms with E-state index >= 15 is 0 Å². The molecule has 0 fully saturated rings. The van der Waals surface area contributed by atoms with Crippen LogP contribution in [0.25, 0.3) is 0 Å². The Balaban J connectivity index is 1.76. The van der Waals surface area contributed by atoms with Gasteiger partial charge in [0.2, 0.25) is 5.91 Å². The highest BCUT2D eigenvalue weighted by atomic mass is 19.1. The van der Waals surface area contributed by atoms with Gasteiger partial charge in [0.1, 0.15) is 5.82 Å². The van der Waals surface area contributed by atoms with Crippen LogP contribution >= 0.6 is 0 Å².